The minimum absolute atomic E-state index is 0.176. The van der Waals surface area contributed by atoms with Gasteiger partial charge in [-0.1, -0.05) is 24.3 Å². The number of benzene rings is 2. The van der Waals surface area contributed by atoms with Gasteiger partial charge in [0.1, 0.15) is 18.2 Å². The van der Waals surface area contributed by atoms with Crippen molar-refractivity contribution >= 4 is 40.6 Å². The summed E-state index contributed by atoms with van der Waals surface area (Å²) in [5, 5.41) is 5.26. The standard InChI is InChI=1S/C23H18FIN2O3/c24-17-6-1-13(2-7-17)12-30-19-8-3-14(9-18(19)25)11-26-27-22(28)20-15-4-5-16(10-15)21(20)23(27)29/h1-9,11,15-16,20-21H,10,12H2/t15-,16-,20-,21+/m0/s1. The third-order valence-electron chi connectivity index (χ3n) is 6.03. The average molecular weight is 516 g/mol. The second-order valence-electron chi connectivity index (χ2n) is 7.84. The number of allylic oxidation sites excluding steroid dienone is 2. The number of carbonyl (C=O) groups is 2. The quantitative estimate of drug-likeness (QED) is 0.260. The topological polar surface area (TPSA) is 59.0 Å². The maximum Gasteiger partial charge on any atom is 0.254 e. The molecule has 1 saturated carbocycles. The normalized spacial score (nSPS) is 26.8. The van der Waals surface area contributed by atoms with Crippen molar-refractivity contribution in [2.24, 2.45) is 28.8 Å². The Labute approximate surface area is 186 Å². The van der Waals surface area contributed by atoms with Gasteiger partial charge < -0.3 is 4.74 Å². The van der Waals surface area contributed by atoms with Crippen molar-refractivity contribution in [3.63, 3.8) is 0 Å². The summed E-state index contributed by atoms with van der Waals surface area (Å²) in [5.74, 6) is -0.0921. The second kappa shape index (κ2) is 7.61. The number of nitrogens with zero attached hydrogens (tertiary/aromatic N) is 2. The summed E-state index contributed by atoms with van der Waals surface area (Å²) in [7, 11) is 0. The smallest absolute Gasteiger partial charge is 0.254 e. The molecule has 1 aliphatic heterocycles. The fraction of sp³-hybridized carbons (Fsp3) is 0.261. The van der Waals surface area contributed by atoms with E-state index < -0.39 is 0 Å². The van der Waals surface area contributed by atoms with Crippen LogP contribution in [0.3, 0.4) is 0 Å². The predicted octanol–water partition coefficient (Wildman–Crippen LogP) is 4.15. The van der Waals surface area contributed by atoms with Gasteiger partial charge in [0.15, 0.2) is 0 Å². The van der Waals surface area contributed by atoms with Gasteiger partial charge in [0.2, 0.25) is 0 Å². The molecule has 152 valence electrons. The van der Waals surface area contributed by atoms with E-state index in [4.69, 9.17) is 4.74 Å². The molecular weight excluding hydrogens is 498 g/mol. The highest BCUT2D eigenvalue weighted by Gasteiger charge is 2.59. The molecule has 7 heteroatoms. The van der Waals surface area contributed by atoms with Crippen molar-refractivity contribution in [1.82, 2.24) is 5.01 Å². The zero-order valence-electron chi connectivity index (χ0n) is 15.9. The third kappa shape index (κ3) is 3.34. The van der Waals surface area contributed by atoms with Crippen LogP contribution in [0.5, 0.6) is 5.75 Å². The van der Waals surface area contributed by atoms with Gasteiger partial charge in [-0.2, -0.15) is 10.1 Å². The first kappa shape index (κ1) is 19.4. The van der Waals surface area contributed by atoms with Gasteiger partial charge >= 0.3 is 0 Å². The predicted molar refractivity (Wildman–Crippen MR) is 117 cm³/mol. The fourth-order valence-electron chi connectivity index (χ4n) is 4.58. The molecule has 1 saturated heterocycles. The molecule has 0 spiro atoms. The van der Waals surface area contributed by atoms with Gasteiger partial charge in [0, 0.05) is 0 Å². The largest absolute Gasteiger partial charge is 0.488 e. The zero-order valence-corrected chi connectivity index (χ0v) is 18.0. The molecule has 2 bridgehead atoms. The zero-order chi connectivity index (χ0) is 20.8. The molecule has 1 heterocycles. The van der Waals surface area contributed by atoms with Crippen molar-refractivity contribution in [3.8, 4) is 5.75 Å². The van der Waals surface area contributed by atoms with Crippen LogP contribution in [0.2, 0.25) is 0 Å². The molecule has 2 aliphatic carbocycles. The number of fused-ring (bicyclic) bond motifs is 5. The van der Waals surface area contributed by atoms with Gasteiger partial charge in [-0.15, -0.1) is 0 Å². The lowest BCUT2D eigenvalue weighted by atomic mass is 9.85. The molecule has 2 amide bonds. The van der Waals surface area contributed by atoms with Crippen LogP contribution >= 0.6 is 22.6 Å². The number of amides is 2. The van der Waals surface area contributed by atoms with Gasteiger partial charge in [-0.05, 0) is 82.3 Å². The van der Waals surface area contributed by atoms with E-state index in [9.17, 15) is 14.0 Å². The van der Waals surface area contributed by atoms with Crippen LogP contribution in [0.4, 0.5) is 4.39 Å². The first-order valence-corrected chi connectivity index (χ1v) is 10.9. The first-order valence-electron chi connectivity index (χ1n) is 9.78. The highest BCUT2D eigenvalue weighted by atomic mass is 127. The number of hydrazone groups is 1. The highest BCUT2D eigenvalue weighted by molar-refractivity contribution is 14.1. The number of imide groups is 1. The summed E-state index contributed by atoms with van der Waals surface area (Å²) >= 11 is 2.16. The van der Waals surface area contributed by atoms with Gasteiger partial charge in [-0.3, -0.25) is 9.59 Å². The number of hydrogen-bond acceptors (Lipinski definition) is 4. The number of ether oxygens (including phenoxy) is 1. The summed E-state index contributed by atoms with van der Waals surface area (Å²) in [6, 6.07) is 11.7. The molecular formula is C23H18FIN2O3. The van der Waals surface area contributed by atoms with Crippen LogP contribution in [0.1, 0.15) is 17.5 Å². The molecule has 4 atom stereocenters. The summed E-state index contributed by atoms with van der Waals surface area (Å²) in [4.78, 5) is 25.4. The van der Waals surface area contributed by atoms with Crippen molar-refractivity contribution in [1.29, 1.82) is 0 Å². The molecule has 0 unspecified atom stereocenters. The van der Waals surface area contributed by atoms with Crippen LogP contribution in [-0.4, -0.2) is 23.0 Å². The molecule has 5 rings (SSSR count). The van der Waals surface area contributed by atoms with E-state index >= 15 is 0 Å². The minimum Gasteiger partial charge on any atom is -0.488 e. The van der Waals surface area contributed by atoms with Gasteiger partial charge in [0.25, 0.3) is 11.8 Å². The Morgan fingerprint density at radius 3 is 2.37 bits per heavy atom. The van der Waals surface area contributed by atoms with Crippen LogP contribution in [0.15, 0.2) is 59.7 Å². The van der Waals surface area contributed by atoms with E-state index in [1.807, 2.05) is 18.2 Å². The van der Waals surface area contributed by atoms with Gasteiger partial charge in [-0.25, -0.2) is 4.39 Å². The third-order valence-corrected chi connectivity index (χ3v) is 6.88. The number of hydrogen-bond donors (Lipinski definition) is 0. The van der Waals surface area contributed by atoms with Crippen molar-refractivity contribution < 1.29 is 18.7 Å². The number of carbonyl (C=O) groups excluding carboxylic acids is 2. The number of halogens is 2. The molecule has 2 fully saturated rings. The second-order valence-corrected chi connectivity index (χ2v) is 9.00. The average Bonchev–Trinajstić information content (AvgIpc) is 3.41. The summed E-state index contributed by atoms with van der Waals surface area (Å²) in [6.45, 7) is 0.333. The molecule has 0 N–H and O–H groups in total. The van der Waals surface area contributed by atoms with Crippen molar-refractivity contribution in [3.05, 3.63) is 75.1 Å². The van der Waals surface area contributed by atoms with Crippen LogP contribution in [0.25, 0.3) is 0 Å². The Hall–Kier alpha value is -2.55. The highest BCUT2D eigenvalue weighted by Crippen LogP contribution is 2.52. The Kier molecular flexibility index (Phi) is 4.92. The number of rotatable bonds is 5. The summed E-state index contributed by atoms with van der Waals surface area (Å²) in [5.41, 5.74) is 1.64. The maximum absolute atomic E-state index is 13.0. The van der Waals surface area contributed by atoms with E-state index in [-0.39, 0.29) is 41.3 Å². The Bertz CT molecular complexity index is 1050. The molecule has 2 aromatic carbocycles. The molecule has 0 aromatic heterocycles. The van der Waals surface area contributed by atoms with E-state index in [0.717, 1.165) is 26.1 Å². The van der Waals surface area contributed by atoms with Crippen LogP contribution < -0.4 is 4.74 Å². The maximum atomic E-state index is 13.0. The van der Waals surface area contributed by atoms with Crippen molar-refractivity contribution in [2.45, 2.75) is 13.0 Å². The Morgan fingerprint density at radius 2 is 1.73 bits per heavy atom. The SMILES string of the molecule is O=C1[C@@H]2[C@H](C(=O)N1N=Cc1ccc(OCc3ccc(F)cc3)c(I)c1)[C@H]1C=C[C@H]2C1. The molecule has 30 heavy (non-hydrogen) atoms. The minimum atomic E-state index is -0.278. The molecule has 3 aliphatic rings. The lowest BCUT2D eigenvalue weighted by Gasteiger charge is -2.13. The molecule has 0 radical (unpaired) electrons. The van der Waals surface area contributed by atoms with Crippen LogP contribution in [0, 0.1) is 33.1 Å². The summed E-state index contributed by atoms with van der Waals surface area (Å²) < 4.78 is 19.7. The Balaban J connectivity index is 1.26. The van der Waals surface area contributed by atoms with E-state index in [1.165, 1.54) is 18.3 Å². The van der Waals surface area contributed by atoms with E-state index in [0.29, 0.717) is 12.4 Å². The van der Waals surface area contributed by atoms with Gasteiger partial charge in [0.05, 0.1) is 21.6 Å². The first-order chi connectivity index (χ1) is 14.5. The van der Waals surface area contributed by atoms with E-state index in [2.05, 4.69) is 39.8 Å². The lowest BCUT2D eigenvalue weighted by molar-refractivity contribution is -0.140. The molecule has 5 nitrogen and oxygen atoms in total. The Morgan fingerprint density at radius 1 is 1.07 bits per heavy atom. The molecule has 2 aromatic rings. The van der Waals surface area contributed by atoms with Crippen molar-refractivity contribution in [2.75, 3.05) is 0 Å². The monoisotopic (exact) mass is 516 g/mol. The van der Waals surface area contributed by atoms with Crippen LogP contribution in [-0.2, 0) is 16.2 Å². The van der Waals surface area contributed by atoms with E-state index in [1.54, 1.807) is 12.1 Å². The summed E-state index contributed by atoms with van der Waals surface area (Å²) in [6.07, 6.45) is 6.58. The lowest BCUT2D eigenvalue weighted by Crippen LogP contribution is -2.28. The fourth-order valence-corrected chi connectivity index (χ4v) is 5.28.